The maximum Gasteiger partial charge on any atom is 0.243 e. The molecule has 0 aliphatic heterocycles. The number of nitrogens with zero attached hydrogens (tertiary/aromatic N) is 1. The Balaban J connectivity index is 2.18. The Labute approximate surface area is 143 Å². The van der Waals surface area contributed by atoms with E-state index in [1.165, 1.54) is 4.31 Å². The second-order valence-electron chi connectivity index (χ2n) is 5.39. The van der Waals surface area contributed by atoms with Gasteiger partial charge in [-0.1, -0.05) is 25.1 Å². The van der Waals surface area contributed by atoms with E-state index < -0.39 is 10.0 Å². The number of sulfonamides is 1. The Hall–Kier alpha value is -1.50. The quantitative estimate of drug-likeness (QED) is 0.805. The number of para-hydroxylation sites is 1. The van der Waals surface area contributed by atoms with E-state index in [1.807, 2.05) is 44.2 Å². The third-order valence-electron chi connectivity index (χ3n) is 3.75. The number of rotatable bonds is 6. The molecule has 2 aromatic rings. The highest BCUT2D eigenvalue weighted by atomic mass is 32.2. The summed E-state index contributed by atoms with van der Waals surface area (Å²) in [5, 5.41) is -0.0598. The second-order valence-corrected chi connectivity index (χ2v) is 8.20. The summed E-state index contributed by atoms with van der Waals surface area (Å²) in [6.45, 7) is 3.71. The zero-order valence-corrected chi connectivity index (χ0v) is 15.1. The van der Waals surface area contributed by atoms with Crippen LogP contribution in [-0.4, -0.2) is 31.1 Å². The van der Waals surface area contributed by atoms with Crippen molar-refractivity contribution in [3.8, 4) is 11.5 Å². The molecule has 0 aliphatic carbocycles. The van der Waals surface area contributed by atoms with Gasteiger partial charge in [-0.15, -0.1) is 0 Å². The molecule has 23 heavy (non-hydrogen) atoms. The number of hydrogen-bond donors (Lipinski definition) is 1. The van der Waals surface area contributed by atoms with Gasteiger partial charge in [0.15, 0.2) is 0 Å². The molecule has 0 saturated carbocycles. The van der Waals surface area contributed by atoms with Gasteiger partial charge in [-0.05, 0) is 43.3 Å². The summed E-state index contributed by atoms with van der Waals surface area (Å²) < 4.78 is 32.2. The van der Waals surface area contributed by atoms with Crippen molar-refractivity contribution in [2.45, 2.75) is 30.0 Å². The molecule has 0 N–H and O–H groups in total. The maximum absolute atomic E-state index is 12.6. The first kappa shape index (κ1) is 17.8. The third kappa shape index (κ3) is 4.28. The van der Waals surface area contributed by atoms with Crippen molar-refractivity contribution in [3.05, 3.63) is 54.6 Å². The van der Waals surface area contributed by atoms with E-state index in [2.05, 4.69) is 12.6 Å². The first-order valence-corrected chi connectivity index (χ1v) is 9.27. The van der Waals surface area contributed by atoms with Crippen LogP contribution in [-0.2, 0) is 10.0 Å². The molecule has 0 bridgehead atoms. The molecule has 4 nitrogen and oxygen atoms in total. The standard InChI is InChI=1S/C17H21NO3S2/c1-13(14(2)22)18(3)23(19,20)17-11-9-16(10-12-17)21-15-7-5-4-6-8-15/h4-14,22H,1-3H3. The molecule has 0 aliphatic rings. The fourth-order valence-corrected chi connectivity index (χ4v) is 3.72. The zero-order chi connectivity index (χ0) is 17.0. The Bertz CT molecular complexity index is 728. The average Bonchev–Trinajstić information content (AvgIpc) is 2.54. The Morgan fingerprint density at radius 2 is 1.48 bits per heavy atom. The summed E-state index contributed by atoms with van der Waals surface area (Å²) in [5.41, 5.74) is 0. The number of benzene rings is 2. The van der Waals surface area contributed by atoms with Crippen LogP contribution in [0, 0.1) is 0 Å². The van der Waals surface area contributed by atoms with Crippen molar-refractivity contribution in [3.63, 3.8) is 0 Å². The Morgan fingerprint density at radius 1 is 0.957 bits per heavy atom. The molecule has 0 saturated heterocycles. The lowest BCUT2D eigenvalue weighted by molar-refractivity contribution is 0.387. The van der Waals surface area contributed by atoms with Gasteiger partial charge < -0.3 is 4.74 Å². The van der Waals surface area contributed by atoms with Gasteiger partial charge in [-0.2, -0.15) is 16.9 Å². The molecule has 6 heteroatoms. The maximum atomic E-state index is 12.6. The molecule has 0 spiro atoms. The highest BCUT2D eigenvalue weighted by Crippen LogP contribution is 2.25. The lowest BCUT2D eigenvalue weighted by atomic mass is 10.3. The number of hydrogen-bond acceptors (Lipinski definition) is 4. The van der Waals surface area contributed by atoms with E-state index in [9.17, 15) is 8.42 Å². The van der Waals surface area contributed by atoms with E-state index in [0.29, 0.717) is 11.5 Å². The summed E-state index contributed by atoms with van der Waals surface area (Å²) in [4.78, 5) is 0.237. The van der Waals surface area contributed by atoms with Crippen molar-refractivity contribution in [2.75, 3.05) is 7.05 Å². The molecule has 2 atom stereocenters. The third-order valence-corrected chi connectivity index (χ3v) is 6.14. The van der Waals surface area contributed by atoms with Crippen LogP contribution in [0.4, 0.5) is 0 Å². The van der Waals surface area contributed by atoms with Crippen LogP contribution in [0.1, 0.15) is 13.8 Å². The molecule has 0 fully saturated rings. The minimum absolute atomic E-state index is 0.0598. The van der Waals surface area contributed by atoms with Crippen LogP contribution in [0.3, 0.4) is 0 Å². The van der Waals surface area contributed by atoms with Crippen LogP contribution in [0.2, 0.25) is 0 Å². The summed E-state index contributed by atoms with van der Waals surface area (Å²) in [6.07, 6.45) is 0. The summed E-state index contributed by atoms with van der Waals surface area (Å²) in [6, 6.07) is 15.6. The van der Waals surface area contributed by atoms with Gasteiger partial charge in [-0.25, -0.2) is 8.42 Å². The molecule has 2 rings (SSSR count). The minimum Gasteiger partial charge on any atom is -0.457 e. The summed E-state index contributed by atoms with van der Waals surface area (Å²) >= 11 is 4.32. The summed E-state index contributed by atoms with van der Waals surface area (Å²) in [7, 11) is -1.97. The molecule has 2 unspecified atom stereocenters. The predicted octanol–water partition coefficient (Wildman–Crippen LogP) is 3.81. The van der Waals surface area contributed by atoms with Crippen LogP contribution < -0.4 is 4.74 Å². The topological polar surface area (TPSA) is 46.6 Å². The Morgan fingerprint density at radius 3 is 2.00 bits per heavy atom. The molecular formula is C17H21NO3S2. The van der Waals surface area contributed by atoms with Crippen molar-refractivity contribution in [1.29, 1.82) is 0 Å². The normalized spacial score (nSPS) is 14.5. The fraction of sp³-hybridized carbons (Fsp3) is 0.294. The largest absolute Gasteiger partial charge is 0.457 e. The number of thiol groups is 1. The first-order chi connectivity index (χ1) is 10.8. The van der Waals surface area contributed by atoms with Crippen molar-refractivity contribution in [1.82, 2.24) is 4.31 Å². The zero-order valence-electron chi connectivity index (χ0n) is 13.4. The van der Waals surface area contributed by atoms with Crippen LogP contribution in [0.15, 0.2) is 59.5 Å². The first-order valence-electron chi connectivity index (χ1n) is 7.31. The molecule has 0 amide bonds. The average molecular weight is 351 g/mol. The summed E-state index contributed by atoms with van der Waals surface area (Å²) in [5.74, 6) is 1.30. The van der Waals surface area contributed by atoms with E-state index in [-0.39, 0.29) is 16.2 Å². The van der Waals surface area contributed by atoms with Crippen molar-refractivity contribution >= 4 is 22.7 Å². The van der Waals surface area contributed by atoms with E-state index >= 15 is 0 Å². The van der Waals surface area contributed by atoms with Gasteiger partial charge in [0, 0.05) is 18.3 Å². The lowest BCUT2D eigenvalue weighted by Gasteiger charge is -2.26. The molecule has 0 aromatic heterocycles. The molecular weight excluding hydrogens is 330 g/mol. The van der Waals surface area contributed by atoms with Crippen LogP contribution in [0.5, 0.6) is 11.5 Å². The Kier molecular flexibility index (Phi) is 5.73. The van der Waals surface area contributed by atoms with Gasteiger partial charge in [0.05, 0.1) is 4.90 Å². The van der Waals surface area contributed by atoms with Gasteiger partial charge in [0.2, 0.25) is 10.0 Å². The highest BCUT2D eigenvalue weighted by Gasteiger charge is 2.27. The predicted molar refractivity (Wildman–Crippen MR) is 95.8 cm³/mol. The minimum atomic E-state index is -3.54. The van der Waals surface area contributed by atoms with E-state index in [1.54, 1.807) is 31.3 Å². The monoisotopic (exact) mass is 351 g/mol. The van der Waals surface area contributed by atoms with Crippen LogP contribution >= 0.6 is 12.6 Å². The van der Waals surface area contributed by atoms with Gasteiger partial charge in [0.25, 0.3) is 0 Å². The van der Waals surface area contributed by atoms with Gasteiger partial charge in [-0.3, -0.25) is 0 Å². The second kappa shape index (κ2) is 7.38. The number of ether oxygens (including phenoxy) is 1. The van der Waals surface area contributed by atoms with Crippen LogP contribution in [0.25, 0.3) is 0 Å². The molecule has 0 heterocycles. The highest BCUT2D eigenvalue weighted by molar-refractivity contribution is 7.89. The van der Waals surface area contributed by atoms with Gasteiger partial charge >= 0.3 is 0 Å². The van der Waals surface area contributed by atoms with E-state index in [4.69, 9.17) is 4.74 Å². The molecule has 0 radical (unpaired) electrons. The van der Waals surface area contributed by atoms with Gasteiger partial charge in [0.1, 0.15) is 11.5 Å². The molecule has 124 valence electrons. The SMILES string of the molecule is CC(S)C(C)N(C)S(=O)(=O)c1ccc(Oc2ccccc2)cc1. The smallest absolute Gasteiger partial charge is 0.243 e. The lowest BCUT2D eigenvalue weighted by Crippen LogP contribution is -2.39. The van der Waals surface area contributed by atoms with Crippen molar-refractivity contribution in [2.24, 2.45) is 0 Å². The molecule has 2 aromatic carbocycles. The van der Waals surface area contributed by atoms with E-state index in [0.717, 1.165) is 0 Å². The van der Waals surface area contributed by atoms with Crippen molar-refractivity contribution < 1.29 is 13.2 Å². The fourth-order valence-electron chi connectivity index (χ4n) is 1.99.